The van der Waals surface area contributed by atoms with Crippen LogP contribution in [0, 0.1) is 0 Å². The molecule has 0 amide bonds. The Morgan fingerprint density at radius 3 is 2.92 bits per heavy atom. The molecule has 7 nitrogen and oxygen atoms in total. The fraction of sp³-hybridized carbons (Fsp3) is 0.312. The Morgan fingerprint density at radius 2 is 2.19 bits per heavy atom. The first-order valence-corrected chi connectivity index (χ1v) is 11.3. The molecule has 3 N–H and O–H groups in total. The van der Waals surface area contributed by atoms with Gasteiger partial charge in [-0.3, -0.25) is 0 Å². The van der Waals surface area contributed by atoms with Gasteiger partial charge in [-0.2, -0.15) is 0 Å². The second kappa shape index (κ2) is 7.42. The number of nitrogens with zero attached hydrogens (tertiary/aromatic N) is 4. The molecule has 10 heteroatoms. The Labute approximate surface area is 169 Å². The summed E-state index contributed by atoms with van der Waals surface area (Å²) in [6.07, 6.45) is 0.108. The molecule has 0 bridgehead atoms. The Hall–Kier alpha value is -1.22. The Kier molecular flexibility index (Phi) is 5.18. The van der Waals surface area contributed by atoms with E-state index in [2.05, 4.69) is 36.2 Å². The van der Waals surface area contributed by atoms with Gasteiger partial charge in [0.2, 0.25) is 0 Å². The molecule has 1 saturated heterocycles. The summed E-state index contributed by atoms with van der Waals surface area (Å²) in [6.45, 7) is 0.559. The predicted octanol–water partition coefficient (Wildman–Crippen LogP) is 2.21. The van der Waals surface area contributed by atoms with Crippen LogP contribution in [0.4, 0.5) is 5.82 Å². The van der Waals surface area contributed by atoms with Crippen molar-refractivity contribution in [1.82, 2.24) is 19.5 Å². The number of fused-ring (bicyclic) bond motifs is 1. The minimum absolute atomic E-state index is 0.0494. The number of rotatable bonds is 4. The molecule has 136 valence electrons. The van der Waals surface area contributed by atoms with Gasteiger partial charge >= 0.3 is 169 Å². The number of aliphatic hydroxyl groups is 2. The van der Waals surface area contributed by atoms with Gasteiger partial charge in [-0.25, -0.2) is 0 Å². The van der Waals surface area contributed by atoms with Crippen LogP contribution in [0.25, 0.3) is 11.2 Å². The number of nitrogens with one attached hydrogen (secondary N) is 1. The number of anilines is 1. The van der Waals surface area contributed by atoms with Gasteiger partial charge in [0.1, 0.15) is 0 Å². The molecule has 2 aromatic heterocycles. The van der Waals surface area contributed by atoms with E-state index >= 15 is 0 Å². The molecule has 0 aliphatic carbocycles. The maximum atomic E-state index is 10.2. The van der Waals surface area contributed by atoms with Crippen LogP contribution in [-0.2, 0) is 6.54 Å². The van der Waals surface area contributed by atoms with E-state index in [-0.39, 0.29) is 25.2 Å². The van der Waals surface area contributed by atoms with Crippen molar-refractivity contribution in [1.29, 1.82) is 0 Å². The summed E-state index contributed by atoms with van der Waals surface area (Å²) in [5.41, 5.74) is 2.23. The maximum absolute atomic E-state index is 10.2. The van der Waals surface area contributed by atoms with Gasteiger partial charge < -0.3 is 0 Å². The third-order valence-electron chi connectivity index (χ3n) is 4.14. The SMILES string of the molecule is O[C@@H]1[C@H](O)C[Se][C@H]1n1cnc2c(NCc3cccc(Br)c3)nc(Cl)nc21. The third-order valence-corrected chi connectivity index (χ3v) is 7.70. The number of aromatic nitrogens is 4. The normalized spacial score (nSPS) is 22.8. The third kappa shape index (κ3) is 3.47. The number of benzene rings is 1. The molecular formula is C16H15BrClN5O2Se. The predicted molar refractivity (Wildman–Crippen MR) is 103 cm³/mol. The molecule has 1 aliphatic heterocycles. The van der Waals surface area contributed by atoms with Crippen molar-refractivity contribution in [2.45, 2.75) is 29.0 Å². The van der Waals surface area contributed by atoms with Crippen LogP contribution >= 0.6 is 27.5 Å². The van der Waals surface area contributed by atoms with Gasteiger partial charge in [0, 0.05) is 0 Å². The minimum atomic E-state index is -0.820. The summed E-state index contributed by atoms with van der Waals surface area (Å²) in [5, 5.41) is 24.0. The van der Waals surface area contributed by atoms with Crippen LogP contribution in [0.5, 0.6) is 0 Å². The second-order valence-corrected chi connectivity index (χ2v) is 9.60. The van der Waals surface area contributed by atoms with Gasteiger partial charge in [0.15, 0.2) is 0 Å². The topological polar surface area (TPSA) is 96.1 Å². The zero-order valence-electron chi connectivity index (χ0n) is 13.4. The van der Waals surface area contributed by atoms with Crippen molar-refractivity contribution < 1.29 is 10.2 Å². The summed E-state index contributed by atoms with van der Waals surface area (Å²) in [7, 11) is 0. The van der Waals surface area contributed by atoms with Gasteiger partial charge in [0.25, 0.3) is 0 Å². The first-order valence-electron chi connectivity index (χ1n) is 7.89. The first kappa shape index (κ1) is 18.2. The fourth-order valence-electron chi connectivity index (χ4n) is 2.86. The molecule has 3 atom stereocenters. The molecule has 3 aromatic rings. The average Bonchev–Trinajstić information content (AvgIpc) is 3.17. The molecule has 0 radical (unpaired) electrons. The van der Waals surface area contributed by atoms with E-state index in [0.717, 1.165) is 10.0 Å². The van der Waals surface area contributed by atoms with Crippen molar-refractivity contribution in [2.24, 2.45) is 0 Å². The number of hydrogen-bond acceptors (Lipinski definition) is 6. The second-order valence-electron chi connectivity index (χ2n) is 5.93. The van der Waals surface area contributed by atoms with Crippen LogP contribution < -0.4 is 5.32 Å². The molecule has 4 rings (SSSR count). The summed E-state index contributed by atoms with van der Waals surface area (Å²) < 4.78 is 2.80. The monoisotopic (exact) mass is 503 g/mol. The van der Waals surface area contributed by atoms with Crippen molar-refractivity contribution in [3.8, 4) is 0 Å². The zero-order chi connectivity index (χ0) is 18.3. The molecule has 1 aromatic carbocycles. The quantitative estimate of drug-likeness (QED) is 0.373. The van der Waals surface area contributed by atoms with E-state index in [4.69, 9.17) is 11.6 Å². The Morgan fingerprint density at radius 1 is 1.35 bits per heavy atom. The molecule has 3 heterocycles. The average molecular weight is 504 g/mol. The van der Waals surface area contributed by atoms with E-state index in [0.29, 0.717) is 28.8 Å². The first-order chi connectivity index (χ1) is 12.5. The Balaban J connectivity index is 1.66. The van der Waals surface area contributed by atoms with Crippen molar-refractivity contribution in [3.05, 3.63) is 45.9 Å². The van der Waals surface area contributed by atoms with Crippen molar-refractivity contribution in [3.63, 3.8) is 0 Å². The molecular weight excluding hydrogens is 489 g/mol. The summed E-state index contributed by atoms with van der Waals surface area (Å²) in [5.74, 6) is 0.541. The molecule has 0 saturated carbocycles. The summed E-state index contributed by atoms with van der Waals surface area (Å²) in [4.78, 5) is 12.8. The molecule has 26 heavy (non-hydrogen) atoms. The Bertz CT molecular complexity index is 956. The van der Waals surface area contributed by atoms with Crippen LogP contribution in [-0.4, -0.2) is 56.9 Å². The van der Waals surface area contributed by atoms with E-state index in [9.17, 15) is 10.2 Å². The standard InChI is InChI=1S/C16H15BrClN5O2Se/c17-9-3-1-2-8(4-9)5-19-13-11-14(22-16(18)21-13)23(7-20-11)15-12(25)10(24)6-26-15/h1-4,7,10,12,15,24-25H,5-6H2,(H,19,21,22)/t10-,12-,15-/m1/s1. The van der Waals surface area contributed by atoms with Crippen LogP contribution in [0.15, 0.2) is 35.1 Å². The zero-order valence-corrected chi connectivity index (χ0v) is 17.4. The molecule has 1 fully saturated rings. The van der Waals surface area contributed by atoms with E-state index in [1.807, 2.05) is 24.3 Å². The number of imidazole rings is 1. The molecule has 0 unspecified atom stereocenters. The van der Waals surface area contributed by atoms with Gasteiger partial charge in [-0.05, 0) is 0 Å². The van der Waals surface area contributed by atoms with Crippen LogP contribution in [0.1, 0.15) is 10.5 Å². The van der Waals surface area contributed by atoms with Crippen LogP contribution in [0.2, 0.25) is 10.6 Å². The number of hydrogen-bond donors (Lipinski definition) is 3. The van der Waals surface area contributed by atoms with E-state index in [1.54, 1.807) is 10.9 Å². The molecule has 1 aliphatic rings. The molecule has 0 spiro atoms. The van der Waals surface area contributed by atoms with Crippen molar-refractivity contribution >= 4 is 59.5 Å². The fourth-order valence-corrected chi connectivity index (χ4v) is 6.17. The van der Waals surface area contributed by atoms with E-state index < -0.39 is 12.2 Å². The number of aliphatic hydroxyl groups excluding tert-OH is 2. The van der Waals surface area contributed by atoms with Gasteiger partial charge in [-0.1, -0.05) is 0 Å². The summed E-state index contributed by atoms with van der Waals surface area (Å²) >= 11 is 9.62. The van der Waals surface area contributed by atoms with Gasteiger partial charge in [0.05, 0.1) is 0 Å². The van der Waals surface area contributed by atoms with Crippen molar-refractivity contribution in [2.75, 3.05) is 5.32 Å². The number of halogens is 2. The van der Waals surface area contributed by atoms with Crippen LogP contribution in [0.3, 0.4) is 0 Å². The van der Waals surface area contributed by atoms with E-state index in [1.165, 1.54) is 0 Å². The summed E-state index contributed by atoms with van der Waals surface area (Å²) in [6, 6.07) is 7.96. The van der Waals surface area contributed by atoms with Gasteiger partial charge in [-0.15, -0.1) is 0 Å².